The highest BCUT2D eigenvalue weighted by atomic mass is 35.5. The van der Waals surface area contributed by atoms with Crippen LogP contribution in [0.2, 0.25) is 5.02 Å². The number of hydrogen-bond donors (Lipinski definition) is 1. The van der Waals surface area contributed by atoms with Gasteiger partial charge in [0.2, 0.25) is 11.7 Å². The van der Waals surface area contributed by atoms with Crippen molar-refractivity contribution in [1.82, 2.24) is 25.3 Å². The number of nitrogens with zero attached hydrogens (tertiary/aromatic N) is 5. The monoisotopic (exact) mass is 418 g/mol. The van der Waals surface area contributed by atoms with Gasteiger partial charge in [0.1, 0.15) is 6.54 Å². The van der Waals surface area contributed by atoms with Crippen LogP contribution >= 0.6 is 11.6 Å². The molecule has 2 aliphatic heterocycles. The molecule has 9 heteroatoms. The molecule has 8 nitrogen and oxygen atoms in total. The average Bonchev–Trinajstić information content (AvgIpc) is 3.42. The molecule has 4 rings (SSSR count). The van der Waals surface area contributed by atoms with E-state index in [0.717, 1.165) is 63.9 Å². The molecule has 1 N–H and O–H groups in total. The van der Waals surface area contributed by atoms with Crippen molar-refractivity contribution in [2.45, 2.75) is 25.9 Å². The first kappa shape index (κ1) is 20.1. The van der Waals surface area contributed by atoms with E-state index in [1.807, 2.05) is 24.3 Å². The number of aliphatic imine (C=N–C) groups is 1. The first-order valence-electron chi connectivity index (χ1n) is 10.2. The standard InChI is InChI=1S/C20H27ClN6O2/c1-2-22-20(27-7-6-17(14-27)26-8-10-28-11-9-26)23-13-18-24-19(25-29-18)15-4-3-5-16(21)12-15/h3-5,12,17H,2,6-11,13-14H2,1H3,(H,22,23). The molecule has 0 aliphatic carbocycles. The fourth-order valence-electron chi connectivity index (χ4n) is 3.81. The lowest BCUT2D eigenvalue weighted by Crippen LogP contribution is -2.46. The number of benzene rings is 1. The zero-order valence-corrected chi connectivity index (χ0v) is 17.4. The second-order valence-corrected chi connectivity index (χ2v) is 7.67. The Morgan fingerprint density at radius 3 is 2.97 bits per heavy atom. The van der Waals surface area contributed by atoms with E-state index in [9.17, 15) is 0 Å². The third-order valence-corrected chi connectivity index (χ3v) is 5.51. The lowest BCUT2D eigenvalue weighted by molar-refractivity contribution is 0.0195. The zero-order chi connectivity index (χ0) is 20.1. The molecule has 0 amide bonds. The highest BCUT2D eigenvalue weighted by Crippen LogP contribution is 2.20. The summed E-state index contributed by atoms with van der Waals surface area (Å²) in [7, 11) is 0. The number of guanidine groups is 1. The van der Waals surface area contributed by atoms with E-state index in [1.165, 1.54) is 0 Å². The minimum absolute atomic E-state index is 0.342. The first-order chi connectivity index (χ1) is 14.2. The summed E-state index contributed by atoms with van der Waals surface area (Å²) < 4.78 is 10.9. The van der Waals surface area contributed by atoms with Crippen LogP contribution in [0.1, 0.15) is 19.2 Å². The van der Waals surface area contributed by atoms with Gasteiger partial charge in [-0.2, -0.15) is 4.98 Å². The van der Waals surface area contributed by atoms with Crippen LogP contribution in [0, 0.1) is 0 Å². The lowest BCUT2D eigenvalue weighted by atomic mass is 10.2. The van der Waals surface area contributed by atoms with Crippen molar-refractivity contribution in [2.75, 3.05) is 45.9 Å². The van der Waals surface area contributed by atoms with Gasteiger partial charge in [0.05, 0.1) is 13.2 Å². The number of nitrogens with one attached hydrogen (secondary N) is 1. The Bertz CT molecular complexity index is 836. The van der Waals surface area contributed by atoms with Crippen LogP contribution in [-0.4, -0.2) is 77.9 Å². The molecule has 2 saturated heterocycles. The van der Waals surface area contributed by atoms with Crippen molar-refractivity contribution < 1.29 is 9.26 Å². The number of aromatic nitrogens is 2. The van der Waals surface area contributed by atoms with Crippen LogP contribution < -0.4 is 5.32 Å². The Balaban J connectivity index is 1.40. The zero-order valence-electron chi connectivity index (χ0n) is 16.7. The molecule has 2 aromatic rings. The van der Waals surface area contributed by atoms with Crippen molar-refractivity contribution in [3.8, 4) is 11.4 Å². The number of halogens is 1. The summed E-state index contributed by atoms with van der Waals surface area (Å²) in [6, 6.07) is 7.97. The van der Waals surface area contributed by atoms with E-state index in [0.29, 0.717) is 29.3 Å². The largest absolute Gasteiger partial charge is 0.379 e. The normalized spacial score (nSPS) is 21.0. The molecule has 1 atom stereocenters. The first-order valence-corrected chi connectivity index (χ1v) is 10.5. The number of rotatable bonds is 5. The van der Waals surface area contributed by atoms with Crippen LogP contribution in [0.3, 0.4) is 0 Å². The minimum atomic E-state index is 0.342. The number of hydrogen-bond acceptors (Lipinski definition) is 6. The summed E-state index contributed by atoms with van der Waals surface area (Å²) in [4.78, 5) is 14.0. The molecule has 0 bridgehead atoms. The smallest absolute Gasteiger partial charge is 0.248 e. The van der Waals surface area contributed by atoms with Crippen molar-refractivity contribution in [3.63, 3.8) is 0 Å². The number of ether oxygens (including phenoxy) is 1. The molecule has 2 fully saturated rings. The molecule has 0 saturated carbocycles. The lowest BCUT2D eigenvalue weighted by Gasteiger charge is -2.32. The number of likely N-dealkylation sites (tertiary alicyclic amines) is 1. The molecule has 1 unspecified atom stereocenters. The molecule has 3 heterocycles. The molecule has 0 radical (unpaired) electrons. The van der Waals surface area contributed by atoms with E-state index in [-0.39, 0.29) is 0 Å². The third kappa shape index (κ3) is 5.07. The van der Waals surface area contributed by atoms with Gasteiger partial charge in [-0.15, -0.1) is 0 Å². The van der Waals surface area contributed by atoms with E-state index >= 15 is 0 Å². The summed E-state index contributed by atoms with van der Waals surface area (Å²) in [5.41, 5.74) is 0.830. The molecule has 156 valence electrons. The van der Waals surface area contributed by atoms with E-state index in [4.69, 9.17) is 25.9 Å². The quantitative estimate of drug-likeness (QED) is 0.589. The van der Waals surface area contributed by atoms with Crippen LogP contribution in [0.15, 0.2) is 33.8 Å². The summed E-state index contributed by atoms with van der Waals surface area (Å²) in [6.45, 7) is 8.89. The molecule has 2 aliphatic rings. The fraction of sp³-hybridized carbons (Fsp3) is 0.550. The van der Waals surface area contributed by atoms with Gasteiger partial charge in [0.25, 0.3) is 0 Å². The van der Waals surface area contributed by atoms with Crippen molar-refractivity contribution in [2.24, 2.45) is 4.99 Å². The van der Waals surface area contributed by atoms with Gasteiger partial charge >= 0.3 is 0 Å². The number of morpholine rings is 1. The molecule has 1 aromatic carbocycles. The van der Waals surface area contributed by atoms with Gasteiger partial charge in [-0.3, -0.25) is 4.90 Å². The Morgan fingerprint density at radius 2 is 2.17 bits per heavy atom. The molecule has 29 heavy (non-hydrogen) atoms. The van der Waals surface area contributed by atoms with E-state index in [2.05, 4.69) is 32.2 Å². The maximum absolute atomic E-state index is 6.05. The van der Waals surface area contributed by atoms with E-state index in [1.54, 1.807) is 0 Å². The second-order valence-electron chi connectivity index (χ2n) is 7.23. The van der Waals surface area contributed by atoms with Crippen LogP contribution in [0.25, 0.3) is 11.4 Å². The highest BCUT2D eigenvalue weighted by Gasteiger charge is 2.30. The van der Waals surface area contributed by atoms with Crippen LogP contribution in [0.5, 0.6) is 0 Å². The Kier molecular flexibility index (Phi) is 6.63. The topological polar surface area (TPSA) is 79.0 Å². The van der Waals surface area contributed by atoms with Crippen molar-refractivity contribution in [3.05, 3.63) is 35.2 Å². The average molecular weight is 419 g/mol. The Morgan fingerprint density at radius 1 is 1.31 bits per heavy atom. The van der Waals surface area contributed by atoms with Crippen LogP contribution in [-0.2, 0) is 11.3 Å². The molecule has 0 spiro atoms. The summed E-state index contributed by atoms with van der Waals surface area (Å²) >= 11 is 6.05. The Labute approximate surface area is 175 Å². The SMILES string of the molecule is CCNC(=NCc1nc(-c2cccc(Cl)c2)no1)N1CCC(N2CCOCC2)C1. The van der Waals surface area contributed by atoms with Gasteiger partial charge in [-0.1, -0.05) is 28.9 Å². The highest BCUT2D eigenvalue weighted by molar-refractivity contribution is 6.30. The van der Waals surface area contributed by atoms with Crippen LogP contribution in [0.4, 0.5) is 0 Å². The minimum Gasteiger partial charge on any atom is -0.379 e. The van der Waals surface area contributed by atoms with Gasteiger partial charge in [0, 0.05) is 49.4 Å². The summed E-state index contributed by atoms with van der Waals surface area (Å²) in [5.74, 6) is 1.90. The predicted molar refractivity (Wildman–Crippen MR) is 112 cm³/mol. The second kappa shape index (κ2) is 9.56. The van der Waals surface area contributed by atoms with Gasteiger partial charge in [-0.05, 0) is 25.5 Å². The maximum atomic E-state index is 6.05. The summed E-state index contributed by atoms with van der Waals surface area (Å²) in [5, 5.41) is 8.09. The molecular formula is C20H27ClN6O2. The van der Waals surface area contributed by atoms with E-state index < -0.39 is 0 Å². The van der Waals surface area contributed by atoms with Crippen molar-refractivity contribution in [1.29, 1.82) is 0 Å². The van der Waals surface area contributed by atoms with Gasteiger partial charge < -0.3 is 19.5 Å². The molecule has 1 aromatic heterocycles. The summed E-state index contributed by atoms with van der Waals surface area (Å²) in [6.07, 6.45) is 1.14. The van der Waals surface area contributed by atoms with Gasteiger partial charge in [0.15, 0.2) is 5.96 Å². The van der Waals surface area contributed by atoms with Crippen molar-refractivity contribution >= 4 is 17.6 Å². The predicted octanol–water partition coefficient (Wildman–Crippen LogP) is 2.26. The molecular weight excluding hydrogens is 392 g/mol. The maximum Gasteiger partial charge on any atom is 0.248 e. The third-order valence-electron chi connectivity index (χ3n) is 5.27. The van der Waals surface area contributed by atoms with Gasteiger partial charge in [-0.25, -0.2) is 4.99 Å². The Hall–Kier alpha value is -2.16. The fourth-order valence-corrected chi connectivity index (χ4v) is 4.00.